The minimum atomic E-state index is 0.0735. The number of carbonyl (C=O) groups excluding carboxylic acids is 1. The fourth-order valence-corrected chi connectivity index (χ4v) is 3.78. The van der Waals surface area contributed by atoms with E-state index in [4.69, 9.17) is 19.0 Å². The van der Waals surface area contributed by atoms with Crippen molar-refractivity contribution in [1.29, 1.82) is 0 Å². The van der Waals surface area contributed by atoms with Crippen LogP contribution in [0.3, 0.4) is 0 Å². The van der Waals surface area contributed by atoms with Crippen LogP contribution in [0.1, 0.15) is 24.1 Å². The normalized spacial score (nSPS) is 18.1. The molecular formula is C18H24N4O4. The van der Waals surface area contributed by atoms with Gasteiger partial charge in [-0.2, -0.15) is 5.10 Å². The van der Waals surface area contributed by atoms with Crippen LogP contribution in [0.15, 0.2) is 17.1 Å². The fourth-order valence-electron chi connectivity index (χ4n) is 3.78. The highest BCUT2D eigenvalue weighted by Crippen LogP contribution is 2.30. The van der Waals surface area contributed by atoms with Crippen molar-refractivity contribution >= 4 is 5.91 Å². The van der Waals surface area contributed by atoms with Gasteiger partial charge in [-0.25, -0.2) is 4.98 Å². The Morgan fingerprint density at radius 2 is 2.23 bits per heavy atom. The van der Waals surface area contributed by atoms with E-state index >= 15 is 0 Å². The van der Waals surface area contributed by atoms with Crippen LogP contribution < -0.4 is 0 Å². The van der Waals surface area contributed by atoms with Gasteiger partial charge in [-0.05, 0) is 12.8 Å². The third-order valence-electron chi connectivity index (χ3n) is 5.20. The average molecular weight is 360 g/mol. The van der Waals surface area contributed by atoms with E-state index in [1.807, 2.05) is 9.58 Å². The van der Waals surface area contributed by atoms with E-state index in [0.717, 1.165) is 42.8 Å². The van der Waals surface area contributed by atoms with E-state index in [1.54, 1.807) is 13.4 Å². The zero-order valence-electron chi connectivity index (χ0n) is 15.0. The Bertz CT molecular complexity index is 750. The monoisotopic (exact) mass is 360 g/mol. The number of hydrogen-bond donors (Lipinski definition) is 0. The van der Waals surface area contributed by atoms with Crippen molar-refractivity contribution in [2.45, 2.75) is 32.4 Å². The molecular weight excluding hydrogens is 336 g/mol. The van der Waals surface area contributed by atoms with E-state index in [0.29, 0.717) is 38.6 Å². The maximum Gasteiger partial charge on any atom is 0.226 e. The summed E-state index contributed by atoms with van der Waals surface area (Å²) in [5, 5.41) is 4.73. The summed E-state index contributed by atoms with van der Waals surface area (Å²) in [4.78, 5) is 19.1. The molecule has 8 nitrogen and oxygen atoms in total. The van der Waals surface area contributed by atoms with Gasteiger partial charge in [-0.3, -0.25) is 9.48 Å². The summed E-state index contributed by atoms with van der Waals surface area (Å²) in [5.41, 5.74) is 3.74. The van der Waals surface area contributed by atoms with Crippen LogP contribution in [-0.4, -0.2) is 59.0 Å². The quantitative estimate of drug-likeness (QED) is 0.804. The highest BCUT2D eigenvalue weighted by molar-refractivity contribution is 5.79. The summed E-state index contributed by atoms with van der Waals surface area (Å²) in [6.45, 7) is 3.92. The second-order valence-corrected chi connectivity index (χ2v) is 6.76. The number of rotatable bonds is 5. The molecule has 140 valence electrons. The van der Waals surface area contributed by atoms with E-state index in [2.05, 4.69) is 4.98 Å². The van der Waals surface area contributed by atoms with Crippen LogP contribution in [0.5, 0.6) is 0 Å². The van der Waals surface area contributed by atoms with Gasteiger partial charge in [-0.15, -0.1) is 0 Å². The van der Waals surface area contributed by atoms with Crippen molar-refractivity contribution < 1.29 is 18.7 Å². The molecule has 0 radical (unpaired) electrons. The third kappa shape index (κ3) is 3.26. The lowest BCUT2D eigenvalue weighted by Gasteiger charge is -2.32. The number of methoxy groups -OCH3 is 1. The summed E-state index contributed by atoms with van der Waals surface area (Å²) < 4.78 is 17.7. The molecule has 1 fully saturated rings. The molecule has 1 saturated heterocycles. The zero-order chi connectivity index (χ0) is 17.9. The van der Waals surface area contributed by atoms with Crippen molar-refractivity contribution in [2.75, 3.05) is 33.5 Å². The first-order chi connectivity index (χ1) is 12.8. The van der Waals surface area contributed by atoms with Gasteiger partial charge in [0, 0.05) is 57.0 Å². The minimum Gasteiger partial charge on any atom is -0.451 e. The predicted octanol–water partition coefficient (Wildman–Crippen LogP) is 1.50. The topological polar surface area (TPSA) is 82.6 Å². The van der Waals surface area contributed by atoms with Crippen LogP contribution >= 0.6 is 0 Å². The average Bonchev–Trinajstić information content (AvgIpc) is 3.34. The van der Waals surface area contributed by atoms with Crippen LogP contribution in [0.4, 0.5) is 0 Å². The molecule has 0 unspecified atom stereocenters. The maximum absolute atomic E-state index is 12.9. The maximum atomic E-state index is 12.9. The van der Waals surface area contributed by atoms with Crippen molar-refractivity contribution in [1.82, 2.24) is 19.7 Å². The Kier molecular flexibility index (Phi) is 5.03. The molecule has 1 amide bonds. The number of ether oxygens (including phenoxy) is 2. The molecule has 0 spiro atoms. The number of oxazole rings is 1. The summed E-state index contributed by atoms with van der Waals surface area (Å²) in [6, 6.07) is 0. The van der Waals surface area contributed by atoms with E-state index in [9.17, 15) is 4.79 Å². The van der Waals surface area contributed by atoms with Crippen molar-refractivity contribution in [2.24, 2.45) is 5.92 Å². The Labute approximate surface area is 152 Å². The number of aromatic nitrogens is 3. The molecule has 0 bridgehead atoms. The lowest BCUT2D eigenvalue weighted by atomic mass is 9.96. The molecule has 4 rings (SSSR count). The second-order valence-electron chi connectivity index (χ2n) is 6.76. The fraction of sp³-hybridized carbons (Fsp3) is 0.611. The van der Waals surface area contributed by atoms with Gasteiger partial charge in [-0.1, -0.05) is 0 Å². The van der Waals surface area contributed by atoms with Gasteiger partial charge in [0.05, 0.1) is 13.2 Å². The van der Waals surface area contributed by atoms with Gasteiger partial charge in [0.15, 0.2) is 6.39 Å². The van der Waals surface area contributed by atoms with Crippen LogP contribution in [0.25, 0.3) is 11.4 Å². The Morgan fingerprint density at radius 1 is 1.38 bits per heavy atom. The number of fused-ring (bicyclic) bond motifs is 1. The van der Waals surface area contributed by atoms with Crippen LogP contribution in [0.2, 0.25) is 0 Å². The molecule has 2 aromatic rings. The van der Waals surface area contributed by atoms with Crippen LogP contribution in [-0.2, 0) is 33.8 Å². The summed E-state index contributed by atoms with van der Waals surface area (Å²) in [7, 11) is 1.68. The number of hydrogen-bond acceptors (Lipinski definition) is 6. The molecule has 0 N–H and O–H groups in total. The highest BCUT2D eigenvalue weighted by atomic mass is 16.5. The number of carbonyl (C=O) groups is 1. The van der Waals surface area contributed by atoms with Crippen LogP contribution in [0, 0.1) is 5.92 Å². The molecule has 26 heavy (non-hydrogen) atoms. The first-order valence-electron chi connectivity index (χ1n) is 9.10. The molecule has 0 saturated carbocycles. The molecule has 0 aliphatic carbocycles. The summed E-state index contributed by atoms with van der Waals surface area (Å²) in [5.74, 6) is 0.305. The summed E-state index contributed by atoms with van der Waals surface area (Å²) >= 11 is 0. The van der Waals surface area contributed by atoms with Gasteiger partial charge < -0.3 is 18.8 Å². The Balaban J connectivity index is 1.60. The smallest absolute Gasteiger partial charge is 0.226 e. The molecule has 4 heterocycles. The minimum absolute atomic E-state index is 0.0735. The molecule has 0 aromatic carbocycles. The molecule has 0 atom stereocenters. The molecule has 2 aliphatic rings. The van der Waals surface area contributed by atoms with Gasteiger partial charge in [0.2, 0.25) is 5.91 Å². The number of nitrogens with zero attached hydrogens (tertiary/aromatic N) is 4. The Hall–Kier alpha value is -2.19. The summed E-state index contributed by atoms with van der Waals surface area (Å²) in [6.07, 6.45) is 5.42. The van der Waals surface area contributed by atoms with E-state index < -0.39 is 0 Å². The van der Waals surface area contributed by atoms with Crippen molar-refractivity contribution in [3.8, 4) is 11.4 Å². The van der Waals surface area contributed by atoms with Gasteiger partial charge >= 0.3 is 0 Å². The largest absolute Gasteiger partial charge is 0.451 e. The lowest BCUT2D eigenvalue weighted by Crippen LogP contribution is -2.41. The third-order valence-corrected chi connectivity index (χ3v) is 5.20. The SMILES string of the molecule is COCCn1nc(-c2cocn2)c2c1CCN(C(=O)C1CCOCC1)C2. The zero-order valence-corrected chi connectivity index (χ0v) is 15.0. The standard InChI is InChI=1S/C18H24N4O4/c1-24-9-6-22-16-2-5-21(18(23)13-3-7-25-8-4-13)10-14(16)17(20-22)15-11-26-12-19-15/h11-13H,2-10H2,1H3. The van der Waals surface area contributed by atoms with Gasteiger partial charge in [0.1, 0.15) is 17.7 Å². The van der Waals surface area contributed by atoms with Gasteiger partial charge in [0.25, 0.3) is 0 Å². The molecule has 2 aliphatic heterocycles. The number of amides is 1. The van der Waals surface area contributed by atoms with Crippen molar-refractivity contribution in [3.05, 3.63) is 23.9 Å². The van der Waals surface area contributed by atoms with Crippen molar-refractivity contribution in [3.63, 3.8) is 0 Å². The lowest BCUT2D eigenvalue weighted by molar-refractivity contribution is -0.139. The van der Waals surface area contributed by atoms with E-state index in [-0.39, 0.29) is 11.8 Å². The first kappa shape index (κ1) is 17.2. The predicted molar refractivity (Wildman–Crippen MR) is 92.3 cm³/mol. The first-order valence-corrected chi connectivity index (χ1v) is 9.10. The molecule has 8 heteroatoms. The van der Waals surface area contributed by atoms with E-state index in [1.165, 1.54) is 6.39 Å². The highest BCUT2D eigenvalue weighted by Gasteiger charge is 2.32. The molecule has 2 aromatic heterocycles. The Morgan fingerprint density at radius 3 is 2.96 bits per heavy atom. The second kappa shape index (κ2) is 7.59.